The molecule has 2 aliphatic rings. The van der Waals surface area contributed by atoms with Crippen LogP contribution in [0.25, 0.3) is 0 Å². The zero-order chi connectivity index (χ0) is 21.6. The van der Waals surface area contributed by atoms with E-state index in [2.05, 4.69) is 36.9 Å². The second-order valence-electron chi connectivity index (χ2n) is 9.09. The van der Waals surface area contributed by atoms with E-state index in [4.69, 9.17) is 4.42 Å². The minimum Gasteiger partial charge on any atom is -0.466 e. The molecule has 2 atom stereocenters. The van der Waals surface area contributed by atoms with E-state index in [0.717, 1.165) is 11.3 Å². The summed E-state index contributed by atoms with van der Waals surface area (Å²) in [6, 6.07) is 0.979. The van der Waals surface area contributed by atoms with E-state index in [0.29, 0.717) is 29.9 Å². The van der Waals surface area contributed by atoms with Crippen LogP contribution < -0.4 is 16.2 Å². The number of urea groups is 1. The quantitative estimate of drug-likeness (QED) is 0.524. The fourth-order valence-corrected chi connectivity index (χ4v) is 4.88. The van der Waals surface area contributed by atoms with Crippen molar-refractivity contribution in [3.8, 4) is 0 Å². The van der Waals surface area contributed by atoms with Gasteiger partial charge in [0.15, 0.2) is 0 Å². The highest BCUT2D eigenvalue weighted by Gasteiger charge is 2.56. The van der Waals surface area contributed by atoms with E-state index in [9.17, 15) is 19.2 Å². The van der Waals surface area contributed by atoms with Crippen LogP contribution in [0.15, 0.2) is 10.5 Å². The second kappa shape index (κ2) is 7.20. The largest absolute Gasteiger partial charge is 0.466 e. The van der Waals surface area contributed by atoms with Crippen LogP contribution in [0.1, 0.15) is 61.9 Å². The maximum atomic E-state index is 13.0. The van der Waals surface area contributed by atoms with Crippen LogP contribution >= 0.6 is 0 Å². The highest BCUT2D eigenvalue weighted by molar-refractivity contribution is 6.09. The molecule has 3 N–H and O–H groups in total. The van der Waals surface area contributed by atoms with Gasteiger partial charge in [-0.1, -0.05) is 20.8 Å². The number of nitrogens with one attached hydrogen (secondary N) is 3. The first-order chi connectivity index (χ1) is 13.4. The van der Waals surface area contributed by atoms with Crippen molar-refractivity contribution in [2.75, 3.05) is 6.54 Å². The molecule has 0 bridgehead atoms. The molecule has 0 aromatic carbocycles. The number of hydrazine groups is 1. The van der Waals surface area contributed by atoms with E-state index < -0.39 is 29.9 Å². The minimum absolute atomic E-state index is 0.0898. The van der Waals surface area contributed by atoms with Gasteiger partial charge < -0.3 is 9.73 Å². The number of rotatable bonds is 3. The Bertz CT molecular complexity index is 874. The topological polar surface area (TPSA) is 121 Å². The van der Waals surface area contributed by atoms with Gasteiger partial charge in [-0.25, -0.2) is 4.79 Å². The molecule has 1 aromatic rings. The SMILES string of the molecule is Cc1cc(C(=O)NNC(=O)CN2C(=O)NC3(CC(C)CC(C)(C)C3)C2=O)c(C)o1. The van der Waals surface area contributed by atoms with Crippen LogP contribution in [-0.4, -0.2) is 40.7 Å². The van der Waals surface area contributed by atoms with Crippen LogP contribution in [0.5, 0.6) is 0 Å². The number of carbonyl (C=O) groups is 4. The first kappa shape index (κ1) is 20.9. The summed E-state index contributed by atoms with van der Waals surface area (Å²) in [5, 5.41) is 2.82. The van der Waals surface area contributed by atoms with Gasteiger partial charge in [-0.15, -0.1) is 0 Å². The van der Waals surface area contributed by atoms with E-state index in [1.54, 1.807) is 19.9 Å². The number of furan rings is 1. The molecule has 0 radical (unpaired) electrons. The number of amides is 5. The van der Waals surface area contributed by atoms with E-state index in [1.807, 2.05) is 0 Å². The van der Waals surface area contributed by atoms with Crippen LogP contribution in [0, 0.1) is 25.2 Å². The Balaban J connectivity index is 1.62. The average Bonchev–Trinajstić information content (AvgIpc) is 3.02. The zero-order valence-corrected chi connectivity index (χ0v) is 17.5. The summed E-state index contributed by atoms with van der Waals surface area (Å²) in [6.07, 6.45) is 2.05. The molecule has 1 saturated heterocycles. The van der Waals surface area contributed by atoms with Crippen molar-refractivity contribution in [3.05, 3.63) is 23.2 Å². The molecule has 1 saturated carbocycles. The van der Waals surface area contributed by atoms with Gasteiger partial charge in [-0.3, -0.25) is 30.1 Å². The molecule has 2 unspecified atom stereocenters. The molecule has 1 aromatic heterocycles. The first-order valence-corrected chi connectivity index (χ1v) is 9.73. The molecule has 1 aliphatic carbocycles. The lowest BCUT2D eigenvalue weighted by Gasteiger charge is -2.43. The summed E-state index contributed by atoms with van der Waals surface area (Å²) in [6.45, 7) is 9.10. The minimum atomic E-state index is -0.965. The Kier molecular flexibility index (Phi) is 5.19. The third-order valence-corrected chi connectivity index (χ3v) is 5.53. The Hall–Kier alpha value is -2.84. The standard InChI is InChI=1S/C20H28N4O5/c1-11-7-19(4,5)10-20(8-11)17(27)24(18(28)21-20)9-15(25)22-23-16(26)14-6-12(2)29-13(14)3/h6,11H,7-10H2,1-5H3,(H,21,28)(H,22,25)(H,23,26). The maximum absolute atomic E-state index is 13.0. The van der Waals surface area contributed by atoms with Gasteiger partial charge in [0.2, 0.25) is 0 Å². The van der Waals surface area contributed by atoms with Gasteiger partial charge in [-0.2, -0.15) is 0 Å². The molecule has 2 heterocycles. The normalized spacial score (nSPS) is 25.8. The number of nitrogens with zero attached hydrogens (tertiary/aromatic N) is 1. The van der Waals surface area contributed by atoms with Crippen molar-refractivity contribution in [2.24, 2.45) is 11.3 Å². The van der Waals surface area contributed by atoms with E-state index in [1.165, 1.54) is 0 Å². The average molecular weight is 404 g/mol. The first-order valence-electron chi connectivity index (χ1n) is 9.73. The predicted molar refractivity (Wildman–Crippen MR) is 104 cm³/mol. The van der Waals surface area contributed by atoms with Crippen LogP contribution in [0.2, 0.25) is 0 Å². The van der Waals surface area contributed by atoms with Gasteiger partial charge in [0.1, 0.15) is 23.6 Å². The number of aryl methyl sites for hydroxylation is 2. The van der Waals surface area contributed by atoms with Gasteiger partial charge in [0, 0.05) is 0 Å². The lowest BCUT2D eigenvalue weighted by molar-refractivity contribution is -0.137. The van der Waals surface area contributed by atoms with Crippen molar-refractivity contribution >= 4 is 23.8 Å². The summed E-state index contributed by atoms with van der Waals surface area (Å²) in [4.78, 5) is 50.8. The maximum Gasteiger partial charge on any atom is 0.325 e. The molecule has 3 rings (SSSR count). The molecule has 5 amide bonds. The molecule has 9 heteroatoms. The zero-order valence-electron chi connectivity index (χ0n) is 17.5. The van der Waals surface area contributed by atoms with Crippen LogP contribution in [0.4, 0.5) is 4.79 Å². The summed E-state index contributed by atoms with van der Waals surface area (Å²) in [5.41, 5.74) is 3.77. The molecule has 1 aliphatic heterocycles. The number of imide groups is 1. The van der Waals surface area contributed by atoms with Crippen molar-refractivity contribution in [1.29, 1.82) is 0 Å². The smallest absolute Gasteiger partial charge is 0.325 e. The monoisotopic (exact) mass is 404 g/mol. The fourth-order valence-electron chi connectivity index (χ4n) is 4.88. The lowest BCUT2D eigenvalue weighted by Crippen LogP contribution is -2.54. The van der Waals surface area contributed by atoms with E-state index in [-0.39, 0.29) is 17.2 Å². The Morgan fingerprint density at radius 1 is 1.24 bits per heavy atom. The summed E-state index contributed by atoms with van der Waals surface area (Å²) >= 11 is 0. The van der Waals surface area contributed by atoms with Gasteiger partial charge >= 0.3 is 6.03 Å². The molecular weight excluding hydrogens is 376 g/mol. The summed E-state index contributed by atoms with van der Waals surface area (Å²) < 4.78 is 5.29. The summed E-state index contributed by atoms with van der Waals surface area (Å²) in [5.74, 6) is -0.306. The highest BCUT2D eigenvalue weighted by atomic mass is 16.3. The van der Waals surface area contributed by atoms with Crippen molar-refractivity contribution in [3.63, 3.8) is 0 Å². The van der Waals surface area contributed by atoms with Gasteiger partial charge in [0.25, 0.3) is 17.7 Å². The number of carbonyl (C=O) groups excluding carboxylic acids is 4. The van der Waals surface area contributed by atoms with E-state index >= 15 is 0 Å². The van der Waals surface area contributed by atoms with Gasteiger partial charge in [-0.05, 0) is 50.5 Å². The van der Waals surface area contributed by atoms with Gasteiger partial charge in [0.05, 0.1) is 5.56 Å². The Morgan fingerprint density at radius 3 is 2.52 bits per heavy atom. The van der Waals surface area contributed by atoms with Crippen molar-refractivity contribution < 1.29 is 23.6 Å². The molecule has 29 heavy (non-hydrogen) atoms. The van der Waals surface area contributed by atoms with Crippen molar-refractivity contribution in [2.45, 2.75) is 59.4 Å². The van der Waals surface area contributed by atoms with Crippen molar-refractivity contribution in [1.82, 2.24) is 21.1 Å². The molecule has 158 valence electrons. The molecule has 1 spiro atoms. The van der Waals surface area contributed by atoms with Crippen LogP contribution in [0.3, 0.4) is 0 Å². The fraction of sp³-hybridized carbons (Fsp3) is 0.600. The molecule has 9 nitrogen and oxygen atoms in total. The Labute approximate surface area is 169 Å². The number of hydrogen-bond donors (Lipinski definition) is 3. The summed E-state index contributed by atoms with van der Waals surface area (Å²) in [7, 11) is 0. The molecular formula is C20H28N4O5. The third-order valence-electron chi connectivity index (χ3n) is 5.53. The van der Waals surface area contributed by atoms with Crippen LogP contribution in [-0.2, 0) is 9.59 Å². The number of hydrogen-bond acceptors (Lipinski definition) is 5. The highest BCUT2D eigenvalue weighted by Crippen LogP contribution is 2.46. The Morgan fingerprint density at radius 2 is 1.93 bits per heavy atom. The predicted octanol–water partition coefficient (Wildman–Crippen LogP) is 1.79. The third kappa shape index (κ3) is 4.13. The second-order valence-corrected chi connectivity index (χ2v) is 9.09. The lowest BCUT2D eigenvalue weighted by atomic mass is 9.64. The molecule has 2 fully saturated rings.